The van der Waals surface area contributed by atoms with Crippen LogP contribution >= 0.6 is 11.3 Å². The Hall–Kier alpha value is -3.85. The number of ketones is 1. The Bertz CT molecular complexity index is 1300. The van der Waals surface area contributed by atoms with E-state index in [1.165, 1.54) is 16.2 Å². The second-order valence-corrected chi connectivity index (χ2v) is 9.98. The minimum Gasteiger partial charge on any atom is -0.507 e. The fourth-order valence-electron chi connectivity index (χ4n) is 4.20. The van der Waals surface area contributed by atoms with Gasteiger partial charge in [-0.1, -0.05) is 19.9 Å². The van der Waals surface area contributed by atoms with Crippen LogP contribution in [-0.4, -0.2) is 41.6 Å². The number of aromatic nitrogens is 1. The maximum atomic E-state index is 13.3. The lowest BCUT2D eigenvalue weighted by atomic mass is 9.95. The molecular formula is C29H32N2O6S. The van der Waals surface area contributed by atoms with Gasteiger partial charge >= 0.3 is 5.91 Å². The number of ether oxygens (including phenoxy) is 3. The van der Waals surface area contributed by atoms with Crippen LogP contribution in [0.15, 0.2) is 59.6 Å². The zero-order valence-corrected chi connectivity index (χ0v) is 22.8. The lowest BCUT2D eigenvalue weighted by Gasteiger charge is -2.24. The highest BCUT2D eigenvalue weighted by Gasteiger charge is 2.48. The SMILES string of the molecule is CCOc1ccc(C(O)=C2C(=O)C(=O)N(c3nccs3)C2c2ccc(OCCC(C)C)c(OCC)c2)cc1. The Morgan fingerprint density at radius 1 is 1.03 bits per heavy atom. The number of thiazole rings is 1. The van der Waals surface area contributed by atoms with Crippen LogP contribution in [0.2, 0.25) is 0 Å². The third-order valence-corrected chi connectivity index (χ3v) is 6.82. The Morgan fingerprint density at radius 3 is 2.39 bits per heavy atom. The van der Waals surface area contributed by atoms with Crippen molar-refractivity contribution in [2.45, 2.75) is 40.2 Å². The third-order valence-electron chi connectivity index (χ3n) is 6.04. The number of benzene rings is 2. The maximum absolute atomic E-state index is 13.3. The van der Waals surface area contributed by atoms with E-state index in [0.717, 1.165) is 6.42 Å². The van der Waals surface area contributed by atoms with Crippen molar-refractivity contribution in [1.82, 2.24) is 4.98 Å². The van der Waals surface area contributed by atoms with Crippen LogP contribution < -0.4 is 19.1 Å². The molecule has 1 fully saturated rings. The van der Waals surface area contributed by atoms with Crippen molar-refractivity contribution in [2.75, 3.05) is 24.7 Å². The molecule has 1 N–H and O–H groups in total. The first kappa shape index (κ1) is 27.2. The molecule has 3 aromatic rings. The molecule has 1 atom stereocenters. The van der Waals surface area contributed by atoms with Crippen LogP contribution in [0.1, 0.15) is 51.3 Å². The largest absolute Gasteiger partial charge is 0.507 e. The van der Waals surface area contributed by atoms with Gasteiger partial charge in [-0.15, -0.1) is 11.3 Å². The van der Waals surface area contributed by atoms with Gasteiger partial charge in [-0.3, -0.25) is 14.5 Å². The number of aliphatic hydroxyl groups excluding tert-OH is 1. The second-order valence-electron chi connectivity index (χ2n) is 9.11. The summed E-state index contributed by atoms with van der Waals surface area (Å²) in [7, 11) is 0. The highest BCUT2D eigenvalue weighted by molar-refractivity contribution is 7.14. The molecule has 1 aliphatic heterocycles. The Labute approximate surface area is 226 Å². The first-order valence-electron chi connectivity index (χ1n) is 12.7. The molecule has 0 aliphatic carbocycles. The molecule has 9 heteroatoms. The second kappa shape index (κ2) is 12.1. The van der Waals surface area contributed by atoms with Gasteiger partial charge in [-0.25, -0.2) is 4.98 Å². The van der Waals surface area contributed by atoms with Crippen molar-refractivity contribution >= 4 is 33.9 Å². The molecule has 38 heavy (non-hydrogen) atoms. The molecule has 0 saturated carbocycles. The predicted molar refractivity (Wildman–Crippen MR) is 147 cm³/mol. The molecule has 2 heterocycles. The van der Waals surface area contributed by atoms with Crippen molar-refractivity contribution in [1.29, 1.82) is 0 Å². The smallest absolute Gasteiger partial charge is 0.301 e. The number of rotatable bonds is 11. The monoisotopic (exact) mass is 536 g/mol. The number of carbonyl (C=O) groups is 2. The maximum Gasteiger partial charge on any atom is 0.301 e. The van der Waals surface area contributed by atoms with E-state index in [-0.39, 0.29) is 11.3 Å². The van der Waals surface area contributed by atoms with Crippen molar-refractivity contribution in [3.8, 4) is 17.2 Å². The fourth-order valence-corrected chi connectivity index (χ4v) is 4.87. The standard InChI is InChI=1S/C29H32N2O6S/c1-5-35-21-10-7-19(8-11-21)26(32)24-25(31(28(34)27(24)33)29-30-14-16-38-29)20-9-12-22(23(17-20)36-6-2)37-15-13-18(3)4/h7-12,14,16-18,25,32H,5-6,13,15H2,1-4H3. The van der Waals surface area contributed by atoms with Crippen LogP contribution in [-0.2, 0) is 9.59 Å². The van der Waals surface area contributed by atoms with E-state index in [1.807, 2.05) is 13.8 Å². The number of anilines is 1. The van der Waals surface area contributed by atoms with E-state index in [0.29, 0.717) is 59.2 Å². The first-order valence-corrected chi connectivity index (χ1v) is 13.6. The highest BCUT2D eigenvalue weighted by atomic mass is 32.1. The number of Topliss-reactive ketones (excluding diaryl/α,β-unsaturated/α-hetero) is 1. The van der Waals surface area contributed by atoms with Gasteiger partial charge in [-0.2, -0.15) is 0 Å². The van der Waals surface area contributed by atoms with E-state index in [1.54, 1.807) is 54.0 Å². The molecule has 1 aliphatic rings. The number of amides is 1. The Morgan fingerprint density at radius 2 is 1.76 bits per heavy atom. The van der Waals surface area contributed by atoms with Crippen LogP contribution in [0.4, 0.5) is 5.13 Å². The first-order chi connectivity index (χ1) is 18.3. The lowest BCUT2D eigenvalue weighted by molar-refractivity contribution is -0.132. The van der Waals surface area contributed by atoms with E-state index < -0.39 is 17.7 Å². The molecule has 0 radical (unpaired) electrons. The predicted octanol–water partition coefficient (Wildman–Crippen LogP) is 5.99. The molecule has 1 amide bonds. The van der Waals surface area contributed by atoms with Gasteiger partial charge in [0.25, 0.3) is 5.78 Å². The normalized spacial score (nSPS) is 16.8. The average Bonchev–Trinajstić information content (AvgIpc) is 3.52. The molecule has 1 unspecified atom stereocenters. The van der Waals surface area contributed by atoms with Crippen LogP contribution in [0.25, 0.3) is 5.76 Å². The molecular weight excluding hydrogens is 504 g/mol. The number of hydrogen-bond acceptors (Lipinski definition) is 8. The zero-order valence-electron chi connectivity index (χ0n) is 22.0. The minimum atomic E-state index is -0.906. The van der Waals surface area contributed by atoms with Gasteiger partial charge in [0, 0.05) is 17.1 Å². The third kappa shape index (κ3) is 5.67. The molecule has 0 bridgehead atoms. The summed E-state index contributed by atoms with van der Waals surface area (Å²) in [6.07, 6.45) is 2.46. The molecule has 4 rings (SSSR count). The van der Waals surface area contributed by atoms with Crippen LogP contribution in [0.5, 0.6) is 17.2 Å². The number of aliphatic hydroxyl groups is 1. The Kier molecular flexibility index (Phi) is 8.68. The summed E-state index contributed by atoms with van der Waals surface area (Å²) in [4.78, 5) is 32.2. The van der Waals surface area contributed by atoms with Gasteiger partial charge < -0.3 is 19.3 Å². The molecule has 200 valence electrons. The summed E-state index contributed by atoms with van der Waals surface area (Å²) >= 11 is 1.24. The van der Waals surface area contributed by atoms with Gasteiger partial charge in [0.1, 0.15) is 11.5 Å². The minimum absolute atomic E-state index is 0.0229. The summed E-state index contributed by atoms with van der Waals surface area (Å²) in [5, 5.41) is 13.4. The van der Waals surface area contributed by atoms with Crippen molar-refractivity contribution in [3.05, 3.63) is 70.7 Å². The molecule has 1 aromatic heterocycles. The molecule has 2 aromatic carbocycles. The van der Waals surface area contributed by atoms with E-state index >= 15 is 0 Å². The molecule has 8 nitrogen and oxygen atoms in total. The number of carbonyl (C=O) groups excluding carboxylic acids is 2. The van der Waals surface area contributed by atoms with Crippen molar-refractivity contribution < 1.29 is 28.9 Å². The summed E-state index contributed by atoms with van der Waals surface area (Å²) in [5.74, 6) is 0.391. The fraction of sp³-hybridized carbons (Fsp3) is 0.345. The molecule has 1 saturated heterocycles. The zero-order chi connectivity index (χ0) is 27.2. The van der Waals surface area contributed by atoms with Gasteiger partial charge in [0.15, 0.2) is 16.6 Å². The van der Waals surface area contributed by atoms with Crippen molar-refractivity contribution in [3.63, 3.8) is 0 Å². The summed E-state index contributed by atoms with van der Waals surface area (Å²) in [6, 6.07) is 11.2. The van der Waals surface area contributed by atoms with Crippen LogP contribution in [0, 0.1) is 5.92 Å². The number of hydrogen-bond donors (Lipinski definition) is 1. The summed E-state index contributed by atoms with van der Waals surface area (Å²) in [6.45, 7) is 9.45. The number of nitrogens with zero attached hydrogens (tertiary/aromatic N) is 2. The van der Waals surface area contributed by atoms with Gasteiger partial charge in [-0.05, 0) is 68.1 Å². The van der Waals surface area contributed by atoms with Gasteiger partial charge in [0.2, 0.25) is 0 Å². The highest BCUT2D eigenvalue weighted by Crippen LogP contribution is 2.44. The van der Waals surface area contributed by atoms with E-state index in [9.17, 15) is 14.7 Å². The van der Waals surface area contributed by atoms with Crippen LogP contribution in [0.3, 0.4) is 0 Å². The Balaban J connectivity index is 1.81. The average molecular weight is 537 g/mol. The molecule has 0 spiro atoms. The topological polar surface area (TPSA) is 98.2 Å². The van der Waals surface area contributed by atoms with Crippen molar-refractivity contribution in [2.24, 2.45) is 5.92 Å². The summed E-state index contributed by atoms with van der Waals surface area (Å²) in [5.41, 5.74) is 0.964. The lowest BCUT2D eigenvalue weighted by Crippen LogP contribution is -2.29. The van der Waals surface area contributed by atoms with E-state index in [4.69, 9.17) is 14.2 Å². The van der Waals surface area contributed by atoms with Gasteiger partial charge in [0.05, 0.1) is 31.4 Å². The quantitative estimate of drug-likeness (QED) is 0.183. The summed E-state index contributed by atoms with van der Waals surface area (Å²) < 4.78 is 17.3. The van der Waals surface area contributed by atoms with E-state index in [2.05, 4.69) is 18.8 Å².